The van der Waals surface area contributed by atoms with Crippen molar-refractivity contribution in [1.29, 1.82) is 0 Å². The van der Waals surface area contributed by atoms with Crippen LogP contribution in [0.2, 0.25) is 0 Å². The quantitative estimate of drug-likeness (QED) is 0.588. The summed E-state index contributed by atoms with van der Waals surface area (Å²) in [5.41, 5.74) is 0. The minimum atomic E-state index is 0.114. The van der Waals surface area contributed by atoms with Gasteiger partial charge in [-0.1, -0.05) is 6.92 Å². The lowest BCUT2D eigenvalue weighted by molar-refractivity contribution is -0.121. The SMILES string of the molecule is CCC(=O)NC(C)CNC. The van der Waals surface area contributed by atoms with Crippen LogP contribution in [0.4, 0.5) is 0 Å². The summed E-state index contributed by atoms with van der Waals surface area (Å²) in [6.07, 6.45) is 0.564. The van der Waals surface area contributed by atoms with Crippen LogP contribution in [-0.2, 0) is 4.79 Å². The molecule has 0 saturated carbocycles. The first kappa shape index (κ1) is 9.43. The third-order valence-corrected chi connectivity index (χ3v) is 1.24. The van der Waals surface area contributed by atoms with Crippen molar-refractivity contribution in [3.63, 3.8) is 0 Å². The van der Waals surface area contributed by atoms with Crippen molar-refractivity contribution in [2.24, 2.45) is 0 Å². The Hall–Kier alpha value is -0.570. The molecule has 1 unspecified atom stereocenters. The molecule has 0 aromatic heterocycles. The zero-order valence-corrected chi connectivity index (χ0v) is 6.90. The molecule has 10 heavy (non-hydrogen) atoms. The lowest BCUT2D eigenvalue weighted by Gasteiger charge is -2.11. The number of carbonyl (C=O) groups is 1. The van der Waals surface area contributed by atoms with Gasteiger partial charge in [-0.25, -0.2) is 0 Å². The molecule has 0 aliphatic carbocycles. The van der Waals surface area contributed by atoms with Gasteiger partial charge in [-0.3, -0.25) is 4.79 Å². The predicted molar refractivity (Wildman–Crippen MR) is 41.8 cm³/mol. The summed E-state index contributed by atoms with van der Waals surface area (Å²) in [7, 11) is 1.87. The first-order valence-corrected chi connectivity index (χ1v) is 3.64. The van der Waals surface area contributed by atoms with Crippen LogP contribution in [0.25, 0.3) is 0 Å². The Morgan fingerprint density at radius 1 is 1.60 bits per heavy atom. The van der Waals surface area contributed by atoms with Crippen molar-refractivity contribution in [2.45, 2.75) is 26.3 Å². The number of carbonyl (C=O) groups excluding carboxylic acids is 1. The zero-order valence-electron chi connectivity index (χ0n) is 6.90. The largest absolute Gasteiger partial charge is 0.352 e. The van der Waals surface area contributed by atoms with E-state index >= 15 is 0 Å². The van der Waals surface area contributed by atoms with Crippen molar-refractivity contribution in [1.82, 2.24) is 10.6 Å². The Morgan fingerprint density at radius 3 is 2.60 bits per heavy atom. The minimum absolute atomic E-state index is 0.114. The van der Waals surface area contributed by atoms with Crippen LogP contribution >= 0.6 is 0 Å². The molecular weight excluding hydrogens is 128 g/mol. The second kappa shape index (κ2) is 5.23. The van der Waals surface area contributed by atoms with E-state index in [1.54, 1.807) is 0 Å². The molecule has 0 fully saturated rings. The van der Waals surface area contributed by atoms with Crippen LogP contribution in [0.1, 0.15) is 20.3 Å². The Morgan fingerprint density at radius 2 is 2.20 bits per heavy atom. The summed E-state index contributed by atoms with van der Waals surface area (Å²) in [4.78, 5) is 10.8. The van der Waals surface area contributed by atoms with Gasteiger partial charge in [0.25, 0.3) is 0 Å². The lowest BCUT2D eigenvalue weighted by atomic mass is 10.3. The fraction of sp³-hybridized carbons (Fsp3) is 0.857. The van der Waals surface area contributed by atoms with Gasteiger partial charge in [0.05, 0.1) is 0 Å². The summed E-state index contributed by atoms with van der Waals surface area (Å²) in [5, 5.41) is 5.81. The molecule has 3 heteroatoms. The molecule has 0 spiro atoms. The van der Waals surface area contributed by atoms with Crippen molar-refractivity contribution in [2.75, 3.05) is 13.6 Å². The predicted octanol–water partition coefficient (Wildman–Crippen LogP) is 0.120. The highest BCUT2D eigenvalue weighted by Gasteiger charge is 2.01. The van der Waals surface area contributed by atoms with Gasteiger partial charge in [0.1, 0.15) is 0 Å². The molecule has 0 aromatic rings. The van der Waals surface area contributed by atoms with Crippen LogP contribution in [0.3, 0.4) is 0 Å². The molecule has 1 amide bonds. The highest BCUT2D eigenvalue weighted by molar-refractivity contribution is 5.75. The van der Waals surface area contributed by atoms with Crippen molar-refractivity contribution >= 4 is 5.91 Å². The van der Waals surface area contributed by atoms with Crippen LogP contribution in [0, 0.1) is 0 Å². The molecule has 0 aromatic carbocycles. The molecule has 0 bridgehead atoms. The maximum Gasteiger partial charge on any atom is 0.219 e. The first-order chi connectivity index (χ1) is 4.70. The van der Waals surface area contributed by atoms with E-state index in [1.807, 2.05) is 20.9 Å². The molecule has 0 saturated heterocycles. The van der Waals surface area contributed by atoms with Crippen LogP contribution in [-0.4, -0.2) is 25.5 Å². The van der Waals surface area contributed by atoms with E-state index in [9.17, 15) is 4.79 Å². The van der Waals surface area contributed by atoms with Gasteiger partial charge in [0.2, 0.25) is 5.91 Å². The van der Waals surface area contributed by atoms with Gasteiger partial charge in [0, 0.05) is 19.0 Å². The van der Waals surface area contributed by atoms with Gasteiger partial charge in [-0.15, -0.1) is 0 Å². The smallest absolute Gasteiger partial charge is 0.219 e. The van der Waals surface area contributed by atoms with E-state index < -0.39 is 0 Å². The van der Waals surface area contributed by atoms with Gasteiger partial charge < -0.3 is 10.6 Å². The minimum Gasteiger partial charge on any atom is -0.352 e. The number of amides is 1. The number of hydrogen-bond donors (Lipinski definition) is 2. The second-order valence-electron chi connectivity index (χ2n) is 2.38. The van der Waals surface area contributed by atoms with Crippen LogP contribution < -0.4 is 10.6 Å². The van der Waals surface area contributed by atoms with Crippen LogP contribution in [0.15, 0.2) is 0 Å². The van der Waals surface area contributed by atoms with E-state index in [1.165, 1.54) is 0 Å². The summed E-state index contributed by atoms with van der Waals surface area (Å²) in [6, 6.07) is 0.234. The van der Waals surface area contributed by atoms with E-state index in [0.717, 1.165) is 6.54 Å². The standard InChI is InChI=1S/C7H16N2O/c1-4-7(10)9-6(2)5-8-3/h6,8H,4-5H2,1-3H3,(H,9,10). The van der Waals surface area contributed by atoms with Gasteiger partial charge in [-0.05, 0) is 14.0 Å². The molecular formula is C7H16N2O. The summed E-state index contributed by atoms with van der Waals surface area (Å²) in [6.45, 7) is 4.65. The van der Waals surface area contributed by atoms with Gasteiger partial charge >= 0.3 is 0 Å². The van der Waals surface area contributed by atoms with E-state index in [-0.39, 0.29) is 11.9 Å². The van der Waals surface area contributed by atoms with E-state index in [2.05, 4.69) is 10.6 Å². The summed E-state index contributed by atoms with van der Waals surface area (Å²) in [5.74, 6) is 0.114. The third kappa shape index (κ3) is 4.32. The average Bonchev–Trinajstić information content (AvgIpc) is 1.88. The fourth-order valence-corrected chi connectivity index (χ4v) is 0.734. The van der Waals surface area contributed by atoms with E-state index in [0.29, 0.717) is 6.42 Å². The normalized spacial score (nSPS) is 12.7. The van der Waals surface area contributed by atoms with Crippen LogP contribution in [0.5, 0.6) is 0 Å². The molecule has 0 rings (SSSR count). The topological polar surface area (TPSA) is 41.1 Å². The van der Waals surface area contributed by atoms with Crippen molar-refractivity contribution in [3.05, 3.63) is 0 Å². The Labute approximate surface area is 62.2 Å². The number of hydrogen-bond acceptors (Lipinski definition) is 2. The summed E-state index contributed by atoms with van der Waals surface area (Å²) >= 11 is 0. The number of likely N-dealkylation sites (N-methyl/N-ethyl adjacent to an activating group) is 1. The fourth-order valence-electron chi connectivity index (χ4n) is 0.734. The van der Waals surface area contributed by atoms with Gasteiger partial charge in [-0.2, -0.15) is 0 Å². The molecule has 0 aliphatic heterocycles. The molecule has 0 heterocycles. The molecule has 60 valence electrons. The van der Waals surface area contributed by atoms with Gasteiger partial charge in [0.15, 0.2) is 0 Å². The average molecular weight is 144 g/mol. The first-order valence-electron chi connectivity index (χ1n) is 3.64. The molecule has 0 aliphatic rings. The second-order valence-corrected chi connectivity index (χ2v) is 2.38. The molecule has 3 nitrogen and oxygen atoms in total. The molecule has 2 N–H and O–H groups in total. The molecule has 1 atom stereocenters. The third-order valence-electron chi connectivity index (χ3n) is 1.24. The highest BCUT2D eigenvalue weighted by Crippen LogP contribution is 1.80. The zero-order chi connectivity index (χ0) is 7.98. The maximum atomic E-state index is 10.8. The van der Waals surface area contributed by atoms with Crippen molar-refractivity contribution < 1.29 is 4.79 Å². The van der Waals surface area contributed by atoms with Crippen molar-refractivity contribution in [3.8, 4) is 0 Å². The lowest BCUT2D eigenvalue weighted by Crippen LogP contribution is -2.38. The maximum absolute atomic E-state index is 10.8. The Balaban J connectivity index is 3.37. The Kier molecular flexibility index (Phi) is 4.94. The Bertz CT molecular complexity index is 104. The molecule has 0 radical (unpaired) electrons. The number of rotatable bonds is 4. The van der Waals surface area contributed by atoms with E-state index in [4.69, 9.17) is 0 Å². The number of nitrogens with one attached hydrogen (secondary N) is 2. The highest BCUT2D eigenvalue weighted by atomic mass is 16.1. The monoisotopic (exact) mass is 144 g/mol. The summed E-state index contributed by atoms with van der Waals surface area (Å²) < 4.78 is 0.